The van der Waals surface area contributed by atoms with Gasteiger partial charge in [0, 0.05) is 11.3 Å². The molecule has 3 nitrogen and oxygen atoms in total. The molecule has 4 heteroatoms. The Morgan fingerprint density at radius 3 is 2.76 bits per heavy atom. The lowest BCUT2D eigenvalue weighted by atomic mass is 9.98. The maximum atomic E-state index is 5.85. The molecule has 1 aliphatic carbocycles. The van der Waals surface area contributed by atoms with Crippen LogP contribution in [0.3, 0.4) is 0 Å². The van der Waals surface area contributed by atoms with Crippen molar-refractivity contribution in [3.8, 4) is 0 Å². The predicted molar refractivity (Wildman–Crippen MR) is 74.8 cm³/mol. The Hall–Kier alpha value is -0.220. The zero-order valence-corrected chi connectivity index (χ0v) is 11.8. The Kier molecular flexibility index (Phi) is 4.74. The average Bonchev–Trinajstić information content (AvgIpc) is 2.66. The van der Waals surface area contributed by atoms with E-state index in [-0.39, 0.29) is 5.54 Å². The van der Waals surface area contributed by atoms with E-state index in [9.17, 15) is 0 Å². The molecule has 98 valence electrons. The molecule has 0 aromatic heterocycles. The highest BCUT2D eigenvalue weighted by Gasteiger charge is 2.26. The van der Waals surface area contributed by atoms with Crippen LogP contribution in [-0.2, 0) is 4.74 Å². The lowest BCUT2D eigenvalue weighted by Crippen LogP contribution is -2.37. The molecule has 0 atom stereocenters. The Labute approximate surface area is 109 Å². The number of thioether (sulfide) groups is 1. The van der Waals surface area contributed by atoms with Crippen LogP contribution >= 0.6 is 11.8 Å². The molecule has 2 fully saturated rings. The van der Waals surface area contributed by atoms with Gasteiger partial charge in [-0.2, -0.15) is 0 Å². The summed E-state index contributed by atoms with van der Waals surface area (Å²) in [5, 5.41) is 4.51. The van der Waals surface area contributed by atoms with E-state index in [2.05, 4.69) is 24.2 Å². The number of nitrogens with zero attached hydrogens (tertiary/aromatic N) is 1. The highest BCUT2D eigenvalue weighted by Crippen LogP contribution is 2.22. The maximum Gasteiger partial charge on any atom is 0.157 e. The minimum atomic E-state index is 0.202. The van der Waals surface area contributed by atoms with Gasteiger partial charge in [0.25, 0.3) is 0 Å². The molecule has 1 N–H and O–H groups in total. The highest BCUT2D eigenvalue weighted by atomic mass is 32.2. The van der Waals surface area contributed by atoms with Crippen LogP contribution in [0.1, 0.15) is 46.0 Å². The van der Waals surface area contributed by atoms with E-state index in [0.717, 1.165) is 24.1 Å². The number of ether oxygens (including phenoxy) is 1. The second-order valence-electron chi connectivity index (χ2n) is 5.62. The molecule has 0 amide bonds. The Bertz CT molecular complexity index is 273. The third-order valence-electron chi connectivity index (χ3n) is 3.27. The first-order valence-corrected chi connectivity index (χ1v) is 7.71. The first kappa shape index (κ1) is 13.2. The molecule has 1 saturated carbocycles. The van der Waals surface area contributed by atoms with E-state index in [1.54, 1.807) is 0 Å². The van der Waals surface area contributed by atoms with Crippen LogP contribution in [0.2, 0.25) is 0 Å². The number of nitrogens with one attached hydrogen (secondary N) is 1. The number of rotatable bonds is 4. The molecule has 1 heterocycles. The van der Waals surface area contributed by atoms with Gasteiger partial charge in [-0.05, 0) is 26.7 Å². The van der Waals surface area contributed by atoms with Gasteiger partial charge >= 0.3 is 0 Å². The summed E-state index contributed by atoms with van der Waals surface area (Å²) < 4.78 is 5.85. The molecule has 0 radical (unpaired) electrons. The van der Waals surface area contributed by atoms with Crippen molar-refractivity contribution in [2.45, 2.75) is 57.6 Å². The van der Waals surface area contributed by atoms with Gasteiger partial charge in [-0.3, -0.25) is 4.99 Å². The van der Waals surface area contributed by atoms with Crippen LogP contribution in [0.4, 0.5) is 0 Å². The second kappa shape index (κ2) is 6.10. The van der Waals surface area contributed by atoms with Gasteiger partial charge < -0.3 is 10.1 Å². The van der Waals surface area contributed by atoms with Crippen molar-refractivity contribution in [2.75, 3.05) is 18.9 Å². The van der Waals surface area contributed by atoms with E-state index in [1.165, 1.54) is 32.1 Å². The van der Waals surface area contributed by atoms with E-state index in [0.29, 0.717) is 6.10 Å². The van der Waals surface area contributed by atoms with Crippen LogP contribution in [-0.4, -0.2) is 35.7 Å². The standard InChI is InChI=1S/C13H24N2OS/c1-13(2)10-17-12(15-13)14-8-9-16-11-6-4-3-5-7-11/h11H,3-10H2,1-2H3,(H,14,15). The maximum absolute atomic E-state index is 5.85. The van der Waals surface area contributed by atoms with Gasteiger partial charge in [0.2, 0.25) is 0 Å². The SMILES string of the molecule is CC1(C)CSC(=NCCOC2CCCCC2)N1. The van der Waals surface area contributed by atoms with Crippen LogP contribution in [0.5, 0.6) is 0 Å². The lowest BCUT2D eigenvalue weighted by molar-refractivity contribution is 0.0335. The smallest absolute Gasteiger partial charge is 0.157 e. The van der Waals surface area contributed by atoms with E-state index >= 15 is 0 Å². The molecule has 0 bridgehead atoms. The lowest BCUT2D eigenvalue weighted by Gasteiger charge is -2.21. The van der Waals surface area contributed by atoms with Gasteiger partial charge in [0.15, 0.2) is 5.17 Å². The number of hydrogen-bond acceptors (Lipinski definition) is 3. The van der Waals surface area contributed by atoms with Gasteiger partial charge in [-0.25, -0.2) is 0 Å². The fourth-order valence-corrected chi connectivity index (χ4v) is 3.39. The zero-order valence-electron chi connectivity index (χ0n) is 11.0. The van der Waals surface area contributed by atoms with Crippen molar-refractivity contribution in [1.29, 1.82) is 0 Å². The summed E-state index contributed by atoms with van der Waals surface area (Å²) >= 11 is 1.82. The van der Waals surface area contributed by atoms with E-state index in [1.807, 2.05) is 11.8 Å². The summed E-state index contributed by atoms with van der Waals surface area (Å²) in [5.74, 6) is 1.11. The van der Waals surface area contributed by atoms with Crippen molar-refractivity contribution < 1.29 is 4.74 Å². The van der Waals surface area contributed by atoms with Crippen molar-refractivity contribution in [3.05, 3.63) is 0 Å². The summed E-state index contributed by atoms with van der Waals surface area (Å²) in [6.07, 6.45) is 7.06. The van der Waals surface area contributed by atoms with Gasteiger partial charge in [0.1, 0.15) is 0 Å². The predicted octanol–water partition coefficient (Wildman–Crippen LogP) is 2.81. The van der Waals surface area contributed by atoms with Crippen LogP contribution < -0.4 is 5.32 Å². The summed E-state index contributed by atoms with van der Waals surface area (Å²) in [5.41, 5.74) is 0.202. The summed E-state index contributed by atoms with van der Waals surface area (Å²) in [6, 6.07) is 0. The number of aliphatic imine (C=N–C) groups is 1. The van der Waals surface area contributed by atoms with E-state index < -0.39 is 0 Å². The number of amidine groups is 1. The molecule has 2 aliphatic rings. The first-order chi connectivity index (χ1) is 8.16. The average molecular weight is 256 g/mol. The minimum absolute atomic E-state index is 0.202. The van der Waals surface area contributed by atoms with Crippen LogP contribution in [0, 0.1) is 0 Å². The Morgan fingerprint density at radius 1 is 1.35 bits per heavy atom. The van der Waals surface area contributed by atoms with Crippen LogP contribution in [0.25, 0.3) is 0 Å². The zero-order chi connectivity index (χ0) is 12.1. The largest absolute Gasteiger partial charge is 0.376 e. The highest BCUT2D eigenvalue weighted by molar-refractivity contribution is 8.14. The van der Waals surface area contributed by atoms with Gasteiger partial charge in [0.05, 0.1) is 19.3 Å². The van der Waals surface area contributed by atoms with Gasteiger partial charge in [-0.1, -0.05) is 31.0 Å². The topological polar surface area (TPSA) is 33.6 Å². The molecular weight excluding hydrogens is 232 g/mol. The van der Waals surface area contributed by atoms with Gasteiger partial charge in [-0.15, -0.1) is 0 Å². The molecule has 2 rings (SSSR count). The third-order valence-corrected chi connectivity index (χ3v) is 4.64. The van der Waals surface area contributed by atoms with Crippen molar-refractivity contribution >= 4 is 16.9 Å². The second-order valence-corrected chi connectivity index (χ2v) is 6.58. The Morgan fingerprint density at radius 2 is 2.12 bits per heavy atom. The fraction of sp³-hybridized carbons (Fsp3) is 0.923. The summed E-state index contributed by atoms with van der Waals surface area (Å²) in [4.78, 5) is 4.55. The number of hydrogen-bond donors (Lipinski definition) is 1. The molecule has 1 aliphatic heterocycles. The molecule has 0 aromatic rings. The fourth-order valence-electron chi connectivity index (χ4n) is 2.29. The minimum Gasteiger partial charge on any atom is -0.376 e. The van der Waals surface area contributed by atoms with Crippen LogP contribution in [0.15, 0.2) is 4.99 Å². The molecule has 0 aromatic carbocycles. The molecule has 17 heavy (non-hydrogen) atoms. The summed E-state index contributed by atoms with van der Waals surface area (Å²) in [7, 11) is 0. The molecular formula is C13H24N2OS. The quantitative estimate of drug-likeness (QED) is 0.785. The monoisotopic (exact) mass is 256 g/mol. The van der Waals surface area contributed by atoms with Crippen molar-refractivity contribution in [2.24, 2.45) is 4.99 Å². The molecule has 0 spiro atoms. The first-order valence-electron chi connectivity index (χ1n) is 6.73. The van der Waals surface area contributed by atoms with Crippen molar-refractivity contribution in [1.82, 2.24) is 5.32 Å². The summed E-state index contributed by atoms with van der Waals surface area (Å²) in [6.45, 7) is 5.99. The van der Waals surface area contributed by atoms with E-state index in [4.69, 9.17) is 4.74 Å². The molecule has 1 saturated heterocycles. The molecule has 0 unspecified atom stereocenters. The third kappa shape index (κ3) is 4.51. The normalized spacial score (nSPS) is 27.3. The van der Waals surface area contributed by atoms with Crippen molar-refractivity contribution in [3.63, 3.8) is 0 Å². The Balaban J connectivity index is 1.61.